The normalized spacial score (nSPS) is 16.6. The van der Waals surface area contributed by atoms with Crippen molar-refractivity contribution in [3.8, 4) is 0 Å². The van der Waals surface area contributed by atoms with E-state index in [1.807, 2.05) is 0 Å². The van der Waals surface area contributed by atoms with Crippen LogP contribution in [0.1, 0.15) is 16.2 Å². The van der Waals surface area contributed by atoms with E-state index in [1.165, 1.54) is 25.6 Å². The van der Waals surface area contributed by atoms with Crippen molar-refractivity contribution in [2.24, 2.45) is 0 Å². The van der Waals surface area contributed by atoms with Crippen molar-refractivity contribution in [1.29, 1.82) is 0 Å². The number of halogens is 6. The third-order valence-electron chi connectivity index (χ3n) is 4.86. The lowest BCUT2D eigenvalue weighted by Crippen LogP contribution is -2.54. The van der Waals surface area contributed by atoms with Crippen molar-refractivity contribution >= 4 is 17.6 Å². The first-order valence-corrected chi connectivity index (χ1v) is 10.2. The molecule has 2 aliphatic heterocycles. The van der Waals surface area contributed by atoms with Crippen LogP contribution >= 0.6 is 0 Å². The van der Waals surface area contributed by atoms with Crippen LogP contribution in [0.15, 0.2) is 24.8 Å². The number of hydrogen-bond donors (Lipinski definition) is 1. The van der Waals surface area contributed by atoms with E-state index in [2.05, 4.69) is 34.1 Å². The molecule has 0 unspecified atom stereocenters. The van der Waals surface area contributed by atoms with E-state index in [-0.39, 0.29) is 38.5 Å². The van der Waals surface area contributed by atoms with Gasteiger partial charge < -0.3 is 19.6 Å². The summed E-state index contributed by atoms with van der Waals surface area (Å²) in [6, 6.07) is 2.89. The van der Waals surface area contributed by atoms with Gasteiger partial charge in [0.2, 0.25) is 0 Å². The van der Waals surface area contributed by atoms with Crippen LogP contribution in [0.4, 0.5) is 38.0 Å². The number of rotatable bonds is 6. The Kier molecular flexibility index (Phi) is 8.47. The van der Waals surface area contributed by atoms with Crippen LogP contribution in [-0.4, -0.2) is 89.2 Å². The highest BCUT2D eigenvalue weighted by molar-refractivity contribution is 5.87. The Morgan fingerprint density at radius 1 is 0.889 bits per heavy atom. The fraction of sp³-hybridized carbons (Fsp3) is 0.526. The predicted octanol–water partition coefficient (Wildman–Crippen LogP) is 1.68. The molecule has 17 heteroatoms. The van der Waals surface area contributed by atoms with Gasteiger partial charge in [0.1, 0.15) is 36.5 Å². The number of ether oxygens (including phenoxy) is 3. The van der Waals surface area contributed by atoms with Gasteiger partial charge >= 0.3 is 18.7 Å². The Balaban J connectivity index is 0.000000202. The van der Waals surface area contributed by atoms with Gasteiger partial charge in [-0.2, -0.15) is 0 Å². The average molecular weight is 526 g/mol. The molecule has 2 saturated heterocycles. The largest absolute Gasteiger partial charge is 0.522 e. The molecule has 198 valence electrons. The number of hydrogen-bond acceptors (Lipinski definition) is 11. The molecule has 0 saturated carbocycles. The Hall–Kier alpha value is -3.31. The second kappa shape index (κ2) is 11.2. The summed E-state index contributed by atoms with van der Waals surface area (Å²) in [7, 11) is 1.21. The molecule has 0 aliphatic carbocycles. The van der Waals surface area contributed by atoms with Crippen LogP contribution in [-0.2, 0) is 20.8 Å². The number of nitrogens with zero attached hydrogens (tertiary/aromatic N) is 6. The van der Waals surface area contributed by atoms with Crippen molar-refractivity contribution < 1.29 is 50.5 Å². The number of carbonyl (C=O) groups excluding carboxylic acids is 1. The quantitative estimate of drug-likeness (QED) is 0.437. The number of methoxy groups -OCH3 is 1. The lowest BCUT2D eigenvalue weighted by atomic mass is 10.1. The lowest BCUT2D eigenvalue weighted by molar-refractivity contribution is -0.345. The number of anilines is 2. The Morgan fingerprint density at radius 3 is 1.81 bits per heavy atom. The zero-order valence-electron chi connectivity index (χ0n) is 18.5. The molecule has 2 aliphatic rings. The first kappa shape index (κ1) is 27.3. The molecule has 0 amide bonds. The molecule has 4 rings (SSSR count). The smallest absolute Gasteiger partial charge is 0.464 e. The third kappa shape index (κ3) is 7.85. The van der Waals surface area contributed by atoms with Crippen LogP contribution in [0.5, 0.6) is 0 Å². The van der Waals surface area contributed by atoms with E-state index >= 15 is 0 Å². The van der Waals surface area contributed by atoms with E-state index in [1.54, 1.807) is 9.80 Å². The first-order valence-electron chi connectivity index (χ1n) is 10.2. The Bertz CT molecular complexity index is 1030. The maximum absolute atomic E-state index is 11.9. The zero-order valence-corrected chi connectivity index (χ0v) is 18.5. The van der Waals surface area contributed by atoms with E-state index in [0.29, 0.717) is 17.3 Å². The molecule has 4 heterocycles. The van der Waals surface area contributed by atoms with Crippen LogP contribution in [0.25, 0.3) is 0 Å². The monoisotopic (exact) mass is 526 g/mol. The first-order chi connectivity index (χ1) is 16.9. The highest BCUT2D eigenvalue weighted by atomic mass is 19.4. The Labute approximate surface area is 199 Å². The minimum atomic E-state index is -4.64. The van der Waals surface area contributed by atoms with Crippen molar-refractivity contribution in [2.75, 3.05) is 43.1 Å². The van der Waals surface area contributed by atoms with E-state index in [9.17, 15) is 31.1 Å². The van der Waals surface area contributed by atoms with E-state index in [4.69, 9.17) is 5.11 Å². The van der Waals surface area contributed by atoms with Crippen molar-refractivity contribution in [2.45, 2.75) is 31.5 Å². The van der Waals surface area contributed by atoms with Crippen molar-refractivity contribution in [3.63, 3.8) is 0 Å². The lowest BCUT2D eigenvalue weighted by Gasteiger charge is -2.39. The van der Waals surface area contributed by atoms with Crippen LogP contribution in [0.2, 0.25) is 0 Å². The number of esters is 1. The van der Waals surface area contributed by atoms with E-state index < -0.39 is 30.9 Å². The fourth-order valence-electron chi connectivity index (χ4n) is 3.16. The summed E-state index contributed by atoms with van der Waals surface area (Å²) in [5, 5.41) is 8.86. The van der Waals surface area contributed by atoms with Crippen LogP contribution < -0.4 is 9.80 Å². The SMILES string of the molecule is COC(=O)c1cc(N2CC(OC(F)(F)F)C2)ncn1.OCc1cc(N2CC(OC(F)(F)F)C2)ncn1. The summed E-state index contributed by atoms with van der Waals surface area (Å²) >= 11 is 0. The van der Waals surface area contributed by atoms with Gasteiger partial charge in [0.05, 0.1) is 19.4 Å². The summed E-state index contributed by atoms with van der Waals surface area (Å²) in [5.74, 6) is 0.218. The maximum atomic E-state index is 11.9. The van der Waals surface area contributed by atoms with Gasteiger partial charge in [-0.25, -0.2) is 24.7 Å². The second-order valence-corrected chi connectivity index (χ2v) is 7.46. The summed E-state index contributed by atoms with van der Waals surface area (Å²) in [6.07, 6.45) is -8.60. The van der Waals surface area contributed by atoms with Gasteiger partial charge in [0.15, 0.2) is 5.69 Å². The van der Waals surface area contributed by atoms with E-state index in [0.717, 1.165) is 6.33 Å². The molecular weight excluding hydrogens is 506 g/mol. The summed E-state index contributed by atoms with van der Waals surface area (Å²) < 4.78 is 83.6. The third-order valence-corrected chi connectivity index (χ3v) is 4.86. The number of carbonyl (C=O) groups is 1. The molecule has 36 heavy (non-hydrogen) atoms. The van der Waals surface area contributed by atoms with Crippen LogP contribution in [0, 0.1) is 0 Å². The van der Waals surface area contributed by atoms with Crippen molar-refractivity contribution in [3.05, 3.63) is 36.2 Å². The van der Waals surface area contributed by atoms with Gasteiger partial charge in [-0.3, -0.25) is 9.47 Å². The zero-order chi connectivity index (χ0) is 26.5. The standard InChI is InChI=1S/C10H10F3N3O3.C9H10F3N3O2/c1-18-9(17)7-2-8(15-5-14-7)16-3-6(4-16)19-10(11,12)13;10-9(11,12)17-7-2-15(3-7)8-1-6(4-16)13-5-14-8/h2,5-6H,3-4H2,1H3;1,5,7,16H,2-4H2. The van der Waals surface area contributed by atoms with Gasteiger partial charge in [-0.05, 0) is 0 Å². The predicted molar refractivity (Wildman–Crippen MR) is 108 cm³/mol. The summed E-state index contributed by atoms with van der Waals surface area (Å²) in [4.78, 5) is 29.7. The molecule has 0 atom stereocenters. The number of aliphatic hydroxyl groups is 1. The fourth-order valence-corrected chi connectivity index (χ4v) is 3.16. The average Bonchev–Trinajstić information content (AvgIpc) is 2.77. The minimum absolute atomic E-state index is 0.0488. The molecule has 2 fully saturated rings. The highest BCUT2D eigenvalue weighted by Gasteiger charge is 2.40. The number of aliphatic hydroxyl groups excluding tert-OH is 1. The molecule has 0 bridgehead atoms. The summed E-state index contributed by atoms with van der Waals surface area (Å²) in [6.45, 7) is 0.128. The molecule has 2 aromatic heterocycles. The molecular formula is C19H20F6N6O5. The van der Waals surface area contributed by atoms with Gasteiger partial charge in [-0.15, -0.1) is 26.3 Å². The van der Waals surface area contributed by atoms with Gasteiger partial charge in [0, 0.05) is 38.3 Å². The number of aromatic nitrogens is 4. The highest BCUT2D eigenvalue weighted by Crippen LogP contribution is 2.27. The second-order valence-electron chi connectivity index (χ2n) is 7.46. The topological polar surface area (TPSA) is 123 Å². The minimum Gasteiger partial charge on any atom is -0.464 e. The van der Waals surface area contributed by atoms with Crippen LogP contribution in [0.3, 0.4) is 0 Å². The molecule has 0 radical (unpaired) electrons. The maximum Gasteiger partial charge on any atom is 0.522 e. The van der Waals surface area contributed by atoms with Gasteiger partial charge in [0.25, 0.3) is 0 Å². The van der Waals surface area contributed by atoms with Gasteiger partial charge in [-0.1, -0.05) is 0 Å². The molecule has 2 aromatic rings. The molecule has 1 N–H and O–H groups in total. The molecule has 0 aromatic carbocycles. The molecule has 11 nitrogen and oxygen atoms in total. The summed E-state index contributed by atoms with van der Waals surface area (Å²) in [5.41, 5.74) is 0.475. The van der Waals surface area contributed by atoms with Crippen molar-refractivity contribution in [1.82, 2.24) is 19.9 Å². The Morgan fingerprint density at radius 2 is 1.36 bits per heavy atom. The number of alkyl halides is 6. The molecule has 0 spiro atoms.